The molecule has 0 heterocycles. The number of carboxylic acids is 1. The van der Waals surface area contributed by atoms with E-state index in [0.29, 0.717) is 6.54 Å². The van der Waals surface area contributed by atoms with Gasteiger partial charge in [-0.2, -0.15) is 0 Å². The molecule has 1 N–H and O–H groups in total. The Balaban J connectivity index is 2.92. The summed E-state index contributed by atoms with van der Waals surface area (Å²) in [7, 11) is 0. The van der Waals surface area contributed by atoms with Gasteiger partial charge in [-0.05, 0) is 60.7 Å². The Hall–Kier alpha value is -0.780. The summed E-state index contributed by atoms with van der Waals surface area (Å²) in [6.07, 6.45) is 0. The SMILES string of the molecule is CCN(c1ccc(I)cc1)[C@@H](C)C(=O)O. The van der Waals surface area contributed by atoms with Crippen LogP contribution in [0.3, 0.4) is 0 Å². The molecule has 0 aliphatic rings. The predicted molar refractivity (Wildman–Crippen MR) is 69.3 cm³/mol. The molecule has 0 fully saturated rings. The van der Waals surface area contributed by atoms with E-state index in [1.807, 2.05) is 36.1 Å². The number of likely N-dealkylation sites (N-methyl/N-ethyl adjacent to an activating group) is 1. The highest BCUT2D eigenvalue weighted by Crippen LogP contribution is 2.18. The van der Waals surface area contributed by atoms with Crippen LogP contribution in [0, 0.1) is 3.57 Å². The second-order valence-electron chi connectivity index (χ2n) is 3.28. The maximum absolute atomic E-state index is 10.9. The Morgan fingerprint density at radius 2 is 2.00 bits per heavy atom. The summed E-state index contributed by atoms with van der Waals surface area (Å²) in [5.41, 5.74) is 0.952. The van der Waals surface area contributed by atoms with Crippen molar-refractivity contribution < 1.29 is 9.90 Å². The van der Waals surface area contributed by atoms with Gasteiger partial charge in [-0.25, -0.2) is 4.79 Å². The van der Waals surface area contributed by atoms with Crippen LogP contribution in [0.2, 0.25) is 0 Å². The Morgan fingerprint density at radius 3 is 2.40 bits per heavy atom. The number of benzene rings is 1. The Labute approximate surface area is 103 Å². The minimum atomic E-state index is -0.796. The van der Waals surface area contributed by atoms with Gasteiger partial charge >= 0.3 is 5.97 Å². The van der Waals surface area contributed by atoms with E-state index in [1.54, 1.807) is 6.92 Å². The zero-order chi connectivity index (χ0) is 11.4. The summed E-state index contributed by atoms with van der Waals surface area (Å²) in [6, 6.07) is 7.37. The van der Waals surface area contributed by atoms with E-state index in [9.17, 15) is 4.79 Å². The highest BCUT2D eigenvalue weighted by molar-refractivity contribution is 14.1. The largest absolute Gasteiger partial charge is 0.480 e. The fraction of sp³-hybridized carbons (Fsp3) is 0.364. The van der Waals surface area contributed by atoms with Crippen molar-refractivity contribution in [1.29, 1.82) is 0 Å². The van der Waals surface area contributed by atoms with Crippen LogP contribution in [-0.4, -0.2) is 23.7 Å². The summed E-state index contributed by atoms with van der Waals surface area (Å²) in [4.78, 5) is 12.8. The maximum Gasteiger partial charge on any atom is 0.326 e. The Bertz CT molecular complexity index is 337. The first-order chi connectivity index (χ1) is 7.06. The molecule has 0 radical (unpaired) electrons. The smallest absolute Gasteiger partial charge is 0.326 e. The summed E-state index contributed by atoms with van der Waals surface area (Å²) in [6.45, 7) is 4.34. The molecular weight excluding hydrogens is 305 g/mol. The second-order valence-corrected chi connectivity index (χ2v) is 4.52. The lowest BCUT2D eigenvalue weighted by molar-refractivity contribution is -0.138. The summed E-state index contributed by atoms with van der Waals surface area (Å²) in [5.74, 6) is -0.796. The number of carboxylic acid groups (broad SMARTS) is 1. The van der Waals surface area contributed by atoms with Crippen molar-refractivity contribution in [1.82, 2.24) is 0 Å². The molecule has 0 saturated carbocycles. The van der Waals surface area contributed by atoms with Crippen molar-refractivity contribution in [2.45, 2.75) is 19.9 Å². The highest BCUT2D eigenvalue weighted by atomic mass is 127. The first-order valence-electron chi connectivity index (χ1n) is 4.81. The number of rotatable bonds is 4. The Kier molecular flexibility index (Phi) is 4.38. The van der Waals surface area contributed by atoms with E-state index in [2.05, 4.69) is 22.6 Å². The summed E-state index contributed by atoms with van der Waals surface area (Å²) < 4.78 is 1.15. The third-order valence-corrected chi connectivity index (χ3v) is 3.04. The minimum Gasteiger partial charge on any atom is -0.480 e. The molecule has 0 aromatic heterocycles. The first kappa shape index (κ1) is 12.3. The van der Waals surface area contributed by atoms with E-state index >= 15 is 0 Å². The van der Waals surface area contributed by atoms with Crippen molar-refractivity contribution in [3.05, 3.63) is 27.8 Å². The minimum absolute atomic E-state index is 0.491. The molecule has 3 nitrogen and oxygen atoms in total. The molecule has 0 aliphatic heterocycles. The molecule has 1 aromatic rings. The lowest BCUT2D eigenvalue weighted by atomic mass is 10.2. The van der Waals surface area contributed by atoms with E-state index in [4.69, 9.17) is 5.11 Å². The molecular formula is C11H14INO2. The number of aliphatic carboxylic acids is 1. The van der Waals surface area contributed by atoms with E-state index in [1.165, 1.54) is 0 Å². The van der Waals surface area contributed by atoms with Crippen LogP contribution in [-0.2, 0) is 4.79 Å². The lowest BCUT2D eigenvalue weighted by Gasteiger charge is -2.27. The number of carbonyl (C=O) groups is 1. The molecule has 4 heteroatoms. The topological polar surface area (TPSA) is 40.5 Å². The number of halogens is 1. The predicted octanol–water partition coefficient (Wildman–Crippen LogP) is 2.59. The third kappa shape index (κ3) is 3.09. The van der Waals surface area contributed by atoms with Crippen LogP contribution in [0.1, 0.15) is 13.8 Å². The average molecular weight is 319 g/mol. The monoisotopic (exact) mass is 319 g/mol. The van der Waals surface area contributed by atoms with E-state index in [0.717, 1.165) is 9.26 Å². The molecule has 1 atom stereocenters. The zero-order valence-electron chi connectivity index (χ0n) is 8.77. The van der Waals surface area contributed by atoms with Crippen molar-refractivity contribution in [2.75, 3.05) is 11.4 Å². The van der Waals surface area contributed by atoms with Gasteiger partial charge < -0.3 is 10.0 Å². The van der Waals surface area contributed by atoms with E-state index < -0.39 is 12.0 Å². The summed E-state index contributed by atoms with van der Waals surface area (Å²) in [5, 5.41) is 8.96. The van der Waals surface area contributed by atoms with Gasteiger partial charge in [0.15, 0.2) is 0 Å². The zero-order valence-corrected chi connectivity index (χ0v) is 10.9. The molecule has 1 rings (SSSR count). The van der Waals surface area contributed by atoms with Gasteiger partial charge in [0.1, 0.15) is 6.04 Å². The molecule has 0 unspecified atom stereocenters. The van der Waals surface area contributed by atoms with Crippen LogP contribution < -0.4 is 4.90 Å². The molecule has 0 bridgehead atoms. The summed E-state index contributed by atoms with van der Waals surface area (Å²) >= 11 is 2.23. The van der Waals surface area contributed by atoms with Gasteiger partial charge in [-0.15, -0.1) is 0 Å². The number of nitrogens with zero attached hydrogens (tertiary/aromatic N) is 1. The van der Waals surface area contributed by atoms with Crippen LogP contribution >= 0.6 is 22.6 Å². The molecule has 0 saturated heterocycles. The van der Waals surface area contributed by atoms with Crippen LogP contribution in [0.5, 0.6) is 0 Å². The van der Waals surface area contributed by atoms with Gasteiger partial charge in [-0.3, -0.25) is 0 Å². The maximum atomic E-state index is 10.9. The van der Waals surface area contributed by atoms with E-state index in [-0.39, 0.29) is 0 Å². The van der Waals surface area contributed by atoms with Gasteiger partial charge in [0.25, 0.3) is 0 Å². The molecule has 0 amide bonds. The van der Waals surface area contributed by atoms with Crippen LogP contribution in [0.4, 0.5) is 5.69 Å². The first-order valence-corrected chi connectivity index (χ1v) is 5.89. The fourth-order valence-corrected chi connectivity index (χ4v) is 1.81. The molecule has 0 spiro atoms. The number of hydrogen-bond acceptors (Lipinski definition) is 2. The number of anilines is 1. The average Bonchev–Trinajstić information content (AvgIpc) is 2.21. The van der Waals surface area contributed by atoms with Crippen LogP contribution in [0.25, 0.3) is 0 Å². The van der Waals surface area contributed by atoms with Gasteiger partial charge in [-0.1, -0.05) is 0 Å². The van der Waals surface area contributed by atoms with Crippen molar-refractivity contribution in [2.24, 2.45) is 0 Å². The number of hydrogen-bond donors (Lipinski definition) is 1. The molecule has 15 heavy (non-hydrogen) atoms. The van der Waals surface area contributed by atoms with Gasteiger partial charge in [0.2, 0.25) is 0 Å². The van der Waals surface area contributed by atoms with Gasteiger partial charge in [0.05, 0.1) is 0 Å². The lowest BCUT2D eigenvalue weighted by Crippen LogP contribution is -2.38. The fourth-order valence-electron chi connectivity index (χ4n) is 1.45. The van der Waals surface area contributed by atoms with Crippen molar-refractivity contribution in [3.63, 3.8) is 0 Å². The van der Waals surface area contributed by atoms with Crippen molar-refractivity contribution in [3.8, 4) is 0 Å². The highest BCUT2D eigenvalue weighted by Gasteiger charge is 2.18. The Morgan fingerprint density at radius 1 is 1.47 bits per heavy atom. The molecule has 1 aromatic carbocycles. The molecule has 0 aliphatic carbocycles. The third-order valence-electron chi connectivity index (χ3n) is 2.32. The van der Waals surface area contributed by atoms with Gasteiger partial charge in [0, 0.05) is 15.8 Å². The standard InChI is InChI=1S/C11H14INO2/c1-3-13(8(2)11(14)15)10-6-4-9(12)5-7-10/h4-8H,3H2,1-2H3,(H,14,15)/t8-/m0/s1. The van der Waals surface area contributed by atoms with Crippen molar-refractivity contribution >= 4 is 34.2 Å². The van der Waals surface area contributed by atoms with Crippen LogP contribution in [0.15, 0.2) is 24.3 Å². The second kappa shape index (κ2) is 5.34. The normalized spacial score (nSPS) is 12.2. The molecule has 82 valence electrons. The quantitative estimate of drug-likeness (QED) is 0.867.